The standard InChI is InChI=1S/C19H13NO2/c1-2-12-22-19(21)16-13-18(14-8-4-3-5-9-14)20-17-11-7-6-10-15(16)17/h1,3-11,13H,12H2. The smallest absolute Gasteiger partial charge is 0.339 e. The van der Waals surface area contributed by atoms with E-state index in [1.54, 1.807) is 6.07 Å². The van der Waals surface area contributed by atoms with E-state index in [0.29, 0.717) is 5.56 Å². The number of aromatic nitrogens is 1. The number of pyridine rings is 1. The fourth-order valence-electron chi connectivity index (χ4n) is 2.29. The molecule has 0 amide bonds. The second-order valence-corrected chi connectivity index (χ2v) is 4.72. The average molecular weight is 287 g/mol. The van der Waals surface area contributed by atoms with Crippen LogP contribution in [0.4, 0.5) is 0 Å². The molecule has 0 bridgehead atoms. The number of hydrogen-bond acceptors (Lipinski definition) is 3. The van der Waals surface area contributed by atoms with Gasteiger partial charge in [-0.2, -0.15) is 0 Å². The van der Waals surface area contributed by atoms with Crippen LogP contribution in [0.25, 0.3) is 22.2 Å². The first-order valence-electron chi connectivity index (χ1n) is 6.85. The summed E-state index contributed by atoms with van der Waals surface area (Å²) in [5.74, 6) is 1.87. The molecule has 0 fully saturated rings. The van der Waals surface area contributed by atoms with Crippen molar-refractivity contribution in [3.05, 3.63) is 66.2 Å². The predicted molar refractivity (Wildman–Crippen MR) is 86.3 cm³/mol. The summed E-state index contributed by atoms with van der Waals surface area (Å²) in [6, 6.07) is 18.9. The first-order valence-corrected chi connectivity index (χ1v) is 6.85. The predicted octanol–water partition coefficient (Wildman–Crippen LogP) is 3.69. The second-order valence-electron chi connectivity index (χ2n) is 4.72. The fourth-order valence-corrected chi connectivity index (χ4v) is 2.29. The molecule has 0 atom stereocenters. The lowest BCUT2D eigenvalue weighted by Crippen LogP contribution is -2.07. The zero-order valence-corrected chi connectivity index (χ0v) is 11.8. The summed E-state index contributed by atoms with van der Waals surface area (Å²) in [7, 11) is 0. The molecule has 0 spiro atoms. The van der Waals surface area contributed by atoms with E-state index in [1.165, 1.54) is 0 Å². The molecule has 0 aliphatic carbocycles. The van der Waals surface area contributed by atoms with Crippen molar-refractivity contribution in [1.29, 1.82) is 0 Å². The SMILES string of the molecule is C#CCOC(=O)c1cc(-c2ccccc2)nc2ccccc12. The molecule has 0 saturated heterocycles. The van der Waals surface area contributed by atoms with Crippen LogP contribution in [0.3, 0.4) is 0 Å². The summed E-state index contributed by atoms with van der Waals surface area (Å²) in [6.45, 7) is -0.0455. The Morgan fingerprint density at radius 1 is 1.09 bits per heavy atom. The maximum atomic E-state index is 12.3. The summed E-state index contributed by atoms with van der Waals surface area (Å²) >= 11 is 0. The molecule has 2 aromatic carbocycles. The highest BCUT2D eigenvalue weighted by molar-refractivity contribution is 6.04. The van der Waals surface area contributed by atoms with Crippen molar-refractivity contribution >= 4 is 16.9 Å². The topological polar surface area (TPSA) is 39.2 Å². The van der Waals surface area contributed by atoms with Crippen LogP contribution in [0.2, 0.25) is 0 Å². The Balaban J connectivity index is 2.17. The Morgan fingerprint density at radius 3 is 2.59 bits per heavy atom. The van der Waals surface area contributed by atoms with Gasteiger partial charge in [0.25, 0.3) is 0 Å². The Kier molecular flexibility index (Phi) is 3.84. The minimum absolute atomic E-state index is 0.0455. The lowest BCUT2D eigenvalue weighted by atomic mass is 10.0. The van der Waals surface area contributed by atoms with Crippen molar-refractivity contribution in [2.45, 2.75) is 0 Å². The van der Waals surface area contributed by atoms with Gasteiger partial charge < -0.3 is 4.74 Å². The molecule has 0 saturated carbocycles. The summed E-state index contributed by atoms with van der Waals surface area (Å²) in [5.41, 5.74) is 2.89. The minimum atomic E-state index is -0.436. The summed E-state index contributed by atoms with van der Waals surface area (Å²) in [6.07, 6.45) is 5.15. The van der Waals surface area contributed by atoms with Gasteiger partial charge >= 0.3 is 5.97 Å². The zero-order chi connectivity index (χ0) is 15.4. The third kappa shape index (κ3) is 2.68. The Labute approximate surface area is 128 Å². The number of nitrogens with zero attached hydrogens (tertiary/aromatic N) is 1. The van der Waals surface area contributed by atoms with Crippen LogP contribution in [-0.2, 0) is 4.74 Å². The van der Waals surface area contributed by atoms with E-state index in [4.69, 9.17) is 11.2 Å². The number of rotatable bonds is 3. The number of fused-ring (bicyclic) bond motifs is 1. The van der Waals surface area contributed by atoms with Crippen molar-refractivity contribution in [2.24, 2.45) is 0 Å². The van der Waals surface area contributed by atoms with E-state index in [-0.39, 0.29) is 6.61 Å². The second kappa shape index (κ2) is 6.11. The summed E-state index contributed by atoms with van der Waals surface area (Å²) in [5, 5.41) is 0.754. The van der Waals surface area contributed by atoms with Crippen molar-refractivity contribution in [1.82, 2.24) is 4.98 Å². The molecule has 22 heavy (non-hydrogen) atoms. The van der Waals surface area contributed by atoms with Crippen molar-refractivity contribution in [3.63, 3.8) is 0 Å². The first kappa shape index (κ1) is 13.8. The minimum Gasteiger partial charge on any atom is -0.449 e. The molecule has 1 heterocycles. The maximum absolute atomic E-state index is 12.3. The molecule has 0 aliphatic rings. The lowest BCUT2D eigenvalue weighted by Gasteiger charge is -2.09. The summed E-state index contributed by atoms with van der Waals surface area (Å²) in [4.78, 5) is 16.9. The van der Waals surface area contributed by atoms with Gasteiger partial charge in [0.05, 0.1) is 16.8 Å². The molecule has 3 rings (SSSR count). The maximum Gasteiger partial charge on any atom is 0.339 e. The van der Waals surface area contributed by atoms with Gasteiger partial charge in [-0.3, -0.25) is 0 Å². The molecule has 0 aliphatic heterocycles. The highest BCUT2D eigenvalue weighted by Gasteiger charge is 2.14. The van der Waals surface area contributed by atoms with Gasteiger partial charge in [0, 0.05) is 10.9 Å². The Morgan fingerprint density at radius 2 is 1.82 bits per heavy atom. The molecule has 0 radical (unpaired) electrons. The number of terminal acetylenes is 1. The largest absolute Gasteiger partial charge is 0.449 e. The van der Waals surface area contributed by atoms with Crippen LogP contribution >= 0.6 is 0 Å². The number of ether oxygens (including phenoxy) is 1. The third-order valence-electron chi connectivity index (χ3n) is 3.29. The van der Waals surface area contributed by atoms with E-state index < -0.39 is 5.97 Å². The Hall–Kier alpha value is -3.12. The summed E-state index contributed by atoms with van der Waals surface area (Å²) < 4.78 is 5.07. The van der Waals surface area contributed by atoms with Gasteiger partial charge in [0.2, 0.25) is 0 Å². The molecule has 1 aromatic heterocycles. The van der Waals surface area contributed by atoms with Gasteiger partial charge in [-0.15, -0.1) is 6.42 Å². The number of hydrogen-bond donors (Lipinski definition) is 0. The van der Waals surface area contributed by atoms with Crippen molar-refractivity contribution in [2.75, 3.05) is 6.61 Å². The van der Waals surface area contributed by atoms with Gasteiger partial charge in [0.1, 0.15) is 0 Å². The van der Waals surface area contributed by atoms with Gasteiger partial charge in [-0.05, 0) is 12.1 Å². The van der Waals surface area contributed by atoms with E-state index in [1.807, 2.05) is 54.6 Å². The molecule has 106 valence electrons. The van der Waals surface area contributed by atoms with E-state index >= 15 is 0 Å². The van der Waals surface area contributed by atoms with Crippen LogP contribution in [0.1, 0.15) is 10.4 Å². The van der Waals surface area contributed by atoms with Crippen LogP contribution < -0.4 is 0 Å². The number of carbonyl (C=O) groups excluding carboxylic acids is 1. The van der Waals surface area contributed by atoms with Crippen LogP contribution in [0, 0.1) is 12.3 Å². The van der Waals surface area contributed by atoms with Crippen LogP contribution in [0.15, 0.2) is 60.7 Å². The van der Waals surface area contributed by atoms with Gasteiger partial charge in [-0.1, -0.05) is 54.5 Å². The molecule has 3 aromatic rings. The molecular weight excluding hydrogens is 274 g/mol. The van der Waals surface area contributed by atoms with E-state index in [9.17, 15) is 4.79 Å². The lowest BCUT2D eigenvalue weighted by molar-refractivity contribution is 0.0559. The molecule has 0 N–H and O–H groups in total. The molecule has 0 unspecified atom stereocenters. The van der Waals surface area contributed by atoms with Crippen LogP contribution in [-0.4, -0.2) is 17.6 Å². The normalized spacial score (nSPS) is 10.1. The number of carbonyl (C=O) groups is 1. The number of benzene rings is 2. The highest BCUT2D eigenvalue weighted by atomic mass is 16.5. The van der Waals surface area contributed by atoms with Gasteiger partial charge in [-0.25, -0.2) is 9.78 Å². The van der Waals surface area contributed by atoms with Crippen LogP contribution in [0.5, 0.6) is 0 Å². The fraction of sp³-hybridized carbons (Fsp3) is 0.0526. The number of esters is 1. The first-order chi connectivity index (χ1) is 10.8. The highest BCUT2D eigenvalue weighted by Crippen LogP contribution is 2.25. The molecule has 3 nitrogen and oxygen atoms in total. The Bertz CT molecular complexity index is 863. The monoisotopic (exact) mass is 287 g/mol. The van der Waals surface area contributed by atoms with Crippen molar-refractivity contribution < 1.29 is 9.53 Å². The number of para-hydroxylation sites is 1. The zero-order valence-electron chi connectivity index (χ0n) is 11.8. The van der Waals surface area contributed by atoms with E-state index in [2.05, 4.69) is 10.9 Å². The molecule has 3 heteroatoms. The average Bonchev–Trinajstić information content (AvgIpc) is 2.59. The van der Waals surface area contributed by atoms with E-state index in [0.717, 1.165) is 22.2 Å². The third-order valence-corrected chi connectivity index (χ3v) is 3.29. The van der Waals surface area contributed by atoms with Crippen molar-refractivity contribution in [3.8, 4) is 23.6 Å². The quantitative estimate of drug-likeness (QED) is 0.545. The molecular formula is C19H13NO2. The van der Waals surface area contributed by atoms with Gasteiger partial charge in [0.15, 0.2) is 6.61 Å².